The van der Waals surface area contributed by atoms with Crippen LogP contribution in [0.3, 0.4) is 0 Å². The molecule has 1 aliphatic rings. The van der Waals surface area contributed by atoms with E-state index in [2.05, 4.69) is 22.3 Å². The normalized spacial score (nSPS) is 20.1. The molecule has 0 bridgehead atoms. The number of hydrogen-bond acceptors (Lipinski definition) is 5. The minimum absolute atomic E-state index is 0.0157. The molecule has 7 heteroatoms. The van der Waals surface area contributed by atoms with Crippen LogP contribution in [0.1, 0.15) is 37.7 Å². The molecule has 1 aromatic heterocycles. The van der Waals surface area contributed by atoms with E-state index in [-0.39, 0.29) is 24.6 Å². The van der Waals surface area contributed by atoms with Crippen LogP contribution >= 0.6 is 0 Å². The summed E-state index contributed by atoms with van der Waals surface area (Å²) in [4.78, 5) is 12.8. The van der Waals surface area contributed by atoms with Crippen molar-refractivity contribution in [2.24, 2.45) is 0 Å². The lowest BCUT2D eigenvalue weighted by atomic mass is 10.1. The maximum Gasteiger partial charge on any atom is 0.272 e. The summed E-state index contributed by atoms with van der Waals surface area (Å²) < 4.78 is 7.26. The highest BCUT2D eigenvalue weighted by Crippen LogP contribution is 2.21. The summed E-state index contributed by atoms with van der Waals surface area (Å²) >= 11 is 0. The van der Waals surface area contributed by atoms with Crippen LogP contribution < -0.4 is 10.6 Å². The Morgan fingerprint density at radius 3 is 2.93 bits per heavy atom. The maximum absolute atomic E-state index is 12.8. The van der Waals surface area contributed by atoms with Crippen molar-refractivity contribution in [1.29, 1.82) is 0 Å². The SMILES string of the molecule is C=C(C)n1nc(C(=O)N[C@@H]2CN[C@H](COCC(C)(C)O)C2)c2ccccc21. The van der Waals surface area contributed by atoms with E-state index in [9.17, 15) is 9.90 Å². The van der Waals surface area contributed by atoms with Crippen LogP contribution in [0.25, 0.3) is 16.6 Å². The van der Waals surface area contributed by atoms with Crippen LogP contribution in [0.15, 0.2) is 30.8 Å². The number of allylic oxidation sites excluding steroid dienone is 1. The average Bonchev–Trinajstić information content (AvgIpc) is 3.18. The number of benzene rings is 1. The summed E-state index contributed by atoms with van der Waals surface area (Å²) in [6, 6.07) is 7.82. The van der Waals surface area contributed by atoms with Gasteiger partial charge in [-0.1, -0.05) is 24.8 Å². The lowest BCUT2D eigenvalue weighted by molar-refractivity contribution is -0.0252. The number of nitrogens with zero attached hydrogens (tertiary/aromatic N) is 2. The van der Waals surface area contributed by atoms with Gasteiger partial charge in [0.15, 0.2) is 5.69 Å². The lowest BCUT2D eigenvalue weighted by Crippen LogP contribution is -2.36. The number of amides is 1. The van der Waals surface area contributed by atoms with E-state index in [1.165, 1.54) is 0 Å². The second kappa shape index (κ2) is 7.80. The van der Waals surface area contributed by atoms with E-state index >= 15 is 0 Å². The molecule has 0 unspecified atom stereocenters. The van der Waals surface area contributed by atoms with Crippen LogP contribution in [-0.4, -0.2) is 58.2 Å². The van der Waals surface area contributed by atoms with Crippen molar-refractivity contribution < 1.29 is 14.6 Å². The molecule has 0 aliphatic carbocycles. The summed E-state index contributed by atoms with van der Waals surface area (Å²) in [7, 11) is 0. The largest absolute Gasteiger partial charge is 0.388 e. The second-order valence-electron chi connectivity index (χ2n) is 7.85. The van der Waals surface area contributed by atoms with Gasteiger partial charge >= 0.3 is 0 Å². The molecular weight excluding hydrogens is 344 g/mol. The predicted molar refractivity (Wildman–Crippen MR) is 106 cm³/mol. The van der Waals surface area contributed by atoms with E-state index < -0.39 is 5.60 Å². The van der Waals surface area contributed by atoms with Gasteiger partial charge in [-0.3, -0.25) is 4.79 Å². The zero-order valence-corrected chi connectivity index (χ0v) is 16.2. The number of carbonyl (C=O) groups excluding carboxylic acids is 1. The van der Waals surface area contributed by atoms with Crippen molar-refractivity contribution in [3.8, 4) is 0 Å². The molecular formula is C20H28N4O3. The summed E-state index contributed by atoms with van der Waals surface area (Å²) in [5.74, 6) is -0.184. The van der Waals surface area contributed by atoms with Crippen LogP contribution in [0.2, 0.25) is 0 Å². The summed E-state index contributed by atoms with van der Waals surface area (Å²) in [6.45, 7) is 10.7. The van der Waals surface area contributed by atoms with Crippen molar-refractivity contribution in [2.75, 3.05) is 19.8 Å². The molecule has 0 spiro atoms. The van der Waals surface area contributed by atoms with Crippen LogP contribution in [0.5, 0.6) is 0 Å². The maximum atomic E-state index is 12.8. The molecule has 1 fully saturated rings. The number of ether oxygens (including phenoxy) is 1. The van der Waals surface area contributed by atoms with Gasteiger partial charge in [0.1, 0.15) is 0 Å². The van der Waals surface area contributed by atoms with E-state index in [1.807, 2.05) is 31.2 Å². The highest BCUT2D eigenvalue weighted by atomic mass is 16.5. The van der Waals surface area contributed by atoms with Gasteiger partial charge in [-0.2, -0.15) is 5.10 Å². The van der Waals surface area contributed by atoms with Crippen LogP contribution in [-0.2, 0) is 4.74 Å². The van der Waals surface area contributed by atoms with Gasteiger partial charge in [-0.25, -0.2) is 4.68 Å². The molecule has 2 atom stereocenters. The van der Waals surface area contributed by atoms with Crippen molar-refractivity contribution in [2.45, 2.75) is 44.9 Å². The van der Waals surface area contributed by atoms with Gasteiger partial charge in [-0.05, 0) is 33.3 Å². The number of aromatic nitrogens is 2. The minimum Gasteiger partial charge on any atom is -0.388 e. The first kappa shape index (κ1) is 19.5. The Morgan fingerprint density at radius 2 is 2.22 bits per heavy atom. The van der Waals surface area contributed by atoms with Crippen molar-refractivity contribution >= 4 is 22.5 Å². The molecule has 2 aromatic rings. The van der Waals surface area contributed by atoms with Gasteiger partial charge in [-0.15, -0.1) is 0 Å². The Balaban J connectivity index is 1.62. The third-order valence-electron chi connectivity index (χ3n) is 4.50. The zero-order chi connectivity index (χ0) is 19.6. The standard InChI is InChI=1S/C20H28N4O3/c1-13(2)24-17-8-6-5-7-16(17)18(23-24)19(25)22-14-9-15(21-10-14)11-27-12-20(3,4)26/h5-8,14-15,21,26H,1,9-12H2,2-4H3,(H,22,25)/t14-,15-/m0/s1. The number of fused-ring (bicyclic) bond motifs is 1. The van der Waals surface area contributed by atoms with Gasteiger partial charge in [0.25, 0.3) is 5.91 Å². The van der Waals surface area contributed by atoms with Gasteiger partial charge < -0.3 is 20.5 Å². The predicted octanol–water partition coefficient (Wildman–Crippen LogP) is 1.77. The van der Waals surface area contributed by atoms with Crippen molar-refractivity contribution in [3.05, 3.63) is 36.5 Å². The van der Waals surface area contributed by atoms with E-state index in [1.54, 1.807) is 18.5 Å². The average molecular weight is 372 g/mol. The Labute approximate surface area is 159 Å². The molecule has 27 heavy (non-hydrogen) atoms. The number of carbonyl (C=O) groups is 1. The molecule has 3 rings (SSSR count). The van der Waals surface area contributed by atoms with Crippen molar-refractivity contribution in [3.63, 3.8) is 0 Å². The molecule has 1 amide bonds. The minimum atomic E-state index is -0.838. The Kier molecular flexibility index (Phi) is 5.64. The number of nitrogens with one attached hydrogen (secondary N) is 2. The number of aliphatic hydroxyl groups is 1. The Morgan fingerprint density at radius 1 is 1.48 bits per heavy atom. The smallest absolute Gasteiger partial charge is 0.272 e. The van der Waals surface area contributed by atoms with Gasteiger partial charge in [0, 0.05) is 29.7 Å². The fourth-order valence-corrected chi connectivity index (χ4v) is 3.29. The number of hydrogen-bond donors (Lipinski definition) is 3. The molecule has 1 saturated heterocycles. The third-order valence-corrected chi connectivity index (χ3v) is 4.50. The topological polar surface area (TPSA) is 88.4 Å². The molecule has 7 nitrogen and oxygen atoms in total. The quantitative estimate of drug-likeness (QED) is 0.689. The van der Waals surface area contributed by atoms with Gasteiger partial charge in [0.05, 0.1) is 24.3 Å². The molecule has 2 heterocycles. The molecule has 146 valence electrons. The number of para-hydroxylation sites is 1. The fourth-order valence-electron chi connectivity index (χ4n) is 3.29. The van der Waals surface area contributed by atoms with E-state index in [4.69, 9.17) is 4.74 Å². The summed E-state index contributed by atoms with van der Waals surface area (Å²) in [5.41, 5.74) is 1.21. The van der Waals surface area contributed by atoms with E-state index in [0.717, 1.165) is 23.0 Å². The molecule has 1 aromatic carbocycles. The Hall–Kier alpha value is -2.22. The Bertz CT molecular complexity index is 837. The highest BCUT2D eigenvalue weighted by Gasteiger charge is 2.28. The summed E-state index contributed by atoms with van der Waals surface area (Å²) in [5, 5.41) is 21.4. The first-order chi connectivity index (χ1) is 12.7. The molecule has 3 N–H and O–H groups in total. The number of rotatable bonds is 7. The fraction of sp³-hybridized carbons (Fsp3) is 0.500. The molecule has 0 saturated carbocycles. The summed E-state index contributed by atoms with van der Waals surface area (Å²) in [6.07, 6.45) is 0.775. The van der Waals surface area contributed by atoms with Crippen LogP contribution in [0.4, 0.5) is 0 Å². The van der Waals surface area contributed by atoms with Crippen molar-refractivity contribution in [1.82, 2.24) is 20.4 Å². The lowest BCUT2D eigenvalue weighted by Gasteiger charge is -2.19. The first-order valence-electron chi connectivity index (χ1n) is 9.22. The first-order valence-corrected chi connectivity index (χ1v) is 9.22. The third kappa shape index (κ3) is 4.74. The molecule has 0 radical (unpaired) electrons. The zero-order valence-electron chi connectivity index (χ0n) is 16.2. The monoisotopic (exact) mass is 372 g/mol. The highest BCUT2D eigenvalue weighted by molar-refractivity contribution is 6.05. The molecule has 1 aliphatic heterocycles. The van der Waals surface area contributed by atoms with Crippen LogP contribution in [0, 0.1) is 0 Å². The van der Waals surface area contributed by atoms with E-state index in [0.29, 0.717) is 18.8 Å². The second-order valence-corrected chi connectivity index (χ2v) is 7.85. The van der Waals surface area contributed by atoms with Gasteiger partial charge in [0.2, 0.25) is 0 Å².